The second kappa shape index (κ2) is 11.7. The fraction of sp³-hybridized carbons (Fsp3) is 0. The zero-order valence-electron chi connectivity index (χ0n) is 12.5. The summed E-state index contributed by atoms with van der Waals surface area (Å²) in [5, 5.41) is 8.19. The summed E-state index contributed by atoms with van der Waals surface area (Å²) in [6.07, 6.45) is 12.7. The first-order valence-corrected chi connectivity index (χ1v) is 6.99. The van der Waals surface area contributed by atoms with Crippen LogP contribution in [0.2, 0.25) is 0 Å². The maximum absolute atomic E-state index is 8.19. The predicted octanol–water partition coefficient (Wildman–Crippen LogP) is 5.67. The first-order chi connectivity index (χ1) is 10.9. The minimum absolute atomic E-state index is 1.14. The summed E-state index contributed by atoms with van der Waals surface area (Å²) in [7, 11) is 0. The van der Waals surface area contributed by atoms with Crippen LogP contribution in [0.3, 0.4) is 0 Å². The molecule has 0 N–H and O–H groups in total. The molecular formula is C21H19N. The van der Waals surface area contributed by atoms with Gasteiger partial charge in [-0.1, -0.05) is 104 Å². The highest BCUT2D eigenvalue weighted by Crippen LogP contribution is 2.01. The van der Waals surface area contributed by atoms with E-state index >= 15 is 0 Å². The smallest absolute Gasteiger partial charge is 0.0912 e. The third kappa shape index (κ3) is 8.14. The molecule has 108 valence electrons. The number of benzene rings is 2. The lowest BCUT2D eigenvalue weighted by atomic mass is 10.2. The molecule has 0 spiro atoms. The Bertz CT molecular complexity index is 656. The Labute approximate surface area is 132 Å². The molecule has 1 nitrogen and oxygen atoms in total. The molecule has 2 aromatic carbocycles. The molecule has 0 radical (unpaired) electrons. The highest BCUT2D eigenvalue weighted by molar-refractivity contribution is 5.51. The zero-order chi connectivity index (χ0) is 15.9. The molecule has 2 rings (SSSR count). The number of hydrogen-bond acceptors (Lipinski definition) is 1. The van der Waals surface area contributed by atoms with Crippen molar-refractivity contribution in [1.29, 1.82) is 5.26 Å². The Morgan fingerprint density at radius 2 is 1.23 bits per heavy atom. The number of rotatable bonds is 4. The van der Waals surface area contributed by atoms with Crippen LogP contribution in [0.5, 0.6) is 0 Å². The lowest BCUT2D eigenvalue weighted by molar-refractivity contribution is 1.53. The summed E-state index contributed by atoms with van der Waals surface area (Å²) >= 11 is 0. The van der Waals surface area contributed by atoms with E-state index in [2.05, 4.69) is 18.7 Å². The maximum Gasteiger partial charge on any atom is 0.0912 e. The highest BCUT2D eigenvalue weighted by Gasteiger charge is 1.79. The Kier molecular flexibility index (Phi) is 9.01. The van der Waals surface area contributed by atoms with E-state index in [4.69, 9.17) is 5.26 Å². The van der Waals surface area contributed by atoms with Crippen LogP contribution in [0, 0.1) is 11.3 Å². The lowest BCUT2D eigenvalue weighted by Gasteiger charge is -1.87. The van der Waals surface area contributed by atoms with Crippen molar-refractivity contribution in [2.75, 3.05) is 0 Å². The van der Waals surface area contributed by atoms with Crippen molar-refractivity contribution < 1.29 is 0 Å². The third-order valence-electron chi connectivity index (χ3n) is 2.59. The first kappa shape index (κ1) is 16.9. The van der Waals surface area contributed by atoms with Crippen molar-refractivity contribution in [1.82, 2.24) is 0 Å². The lowest BCUT2D eigenvalue weighted by Crippen LogP contribution is -1.66. The molecule has 0 aliphatic rings. The van der Waals surface area contributed by atoms with E-state index in [1.807, 2.05) is 78.9 Å². The van der Waals surface area contributed by atoms with Crippen molar-refractivity contribution in [2.45, 2.75) is 0 Å². The summed E-state index contributed by atoms with van der Waals surface area (Å²) in [6, 6.07) is 22.0. The van der Waals surface area contributed by atoms with Gasteiger partial charge < -0.3 is 0 Å². The minimum Gasteiger partial charge on any atom is -0.193 e. The van der Waals surface area contributed by atoms with E-state index in [-0.39, 0.29) is 0 Å². The van der Waals surface area contributed by atoms with Crippen LogP contribution >= 0.6 is 0 Å². The van der Waals surface area contributed by atoms with E-state index < -0.39 is 0 Å². The SMILES string of the molecule is C=CC=Cc1ccccc1.N#CC=CC=Cc1ccccc1. The van der Waals surface area contributed by atoms with Crippen LogP contribution in [0.4, 0.5) is 0 Å². The summed E-state index contributed by atoms with van der Waals surface area (Å²) in [5.41, 5.74) is 2.35. The summed E-state index contributed by atoms with van der Waals surface area (Å²) in [4.78, 5) is 0. The van der Waals surface area contributed by atoms with Gasteiger partial charge in [-0.3, -0.25) is 0 Å². The monoisotopic (exact) mass is 285 g/mol. The maximum atomic E-state index is 8.19. The predicted molar refractivity (Wildman–Crippen MR) is 95.9 cm³/mol. The molecule has 2 aromatic rings. The molecule has 0 atom stereocenters. The van der Waals surface area contributed by atoms with Crippen LogP contribution in [0.15, 0.2) is 97.6 Å². The van der Waals surface area contributed by atoms with Crippen molar-refractivity contribution in [3.8, 4) is 6.07 Å². The van der Waals surface area contributed by atoms with Crippen LogP contribution in [0.25, 0.3) is 12.2 Å². The fourth-order valence-corrected chi connectivity index (χ4v) is 1.57. The summed E-state index contributed by atoms with van der Waals surface area (Å²) < 4.78 is 0. The molecule has 0 amide bonds. The van der Waals surface area contributed by atoms with Crippen LogP contribution in [-0.4, -0.2) is 0 Å². The van der Waals surface area contributed by atoms with Gasteiger partial charge in [0.1, 0.15) is 0 Å². The van der Waals surface area contributed by atoms with Gasteiger partial charge in [0.25, 0.3) is 0 Å². The van der Waals surface area contributed by atoms with Gasteiger partial charge in [-0.25, -0.2) is 0 Å². The molecule has 1 heteroatoms. The number of hydrogen-bond donors (Lipinski definition) is 0. The van der Waals surface area contributed by atoms with Gasteiger partial charge in [-0.05, 0) is 11.1 Å². The topological polar surface area (TPSA) is 23.8 Å². The van der Waals surface area contributed by atoms with Gasteiger partial charge in [0, 0.05) is 6.08 Å². The minimum atomic E-state index is 1.14. The normalized spacial score (nSPS) is 10.3. The molecule has 0 saturated carbocycles. The van der Waals surface area contributed by atoms with E-state index in [1.54, 1.807) is 12.2 Å². The first-order valence-electron chi connectivity index (χ1n) is 6.99. The number of allylic oxidation sites excluding steroid dienone is 5. The van der Waals surface area contributed by atoms with E-state index in [0.29, 0.717) is 0 Å². The molecule has 0 saturated heterocycles. The largest absolute Gasteiger partial charge is 0.193 e. The van der Waals surface area contributed by atoms with Gasteiger partial charge in [-0.15, -0.1) is 0 Å². The molecule has 0 aromatic heterocycles. The van der Waals surface area contributed by atoms with Gasteiger partial charge in [0.05, 0.1) is 6.07 Å². The van der Waals surface area contributed by atoms with E-state index in [0.717, 1.165) is 5.56 Å². The second-order valence-corrected chi connectivity index (χ2v) is 4.26. The van der Waals surface area contributed by atoms with E-state index in [1.165, 1.54) is 11.6 Å². The van der Waals surface area contributed by atoms with Gasteiger partial charge in [-0.2, -0.15) is 5.26 Å². The molecule has 22 heavy (non-hydrogen) atoms. The fourth-order valence-electron chi connectivity index (χ4n) is 1.57. The van der Waals surface area contributed by atoms with E-state index in [9.17, 15) is 0 Å². The van der Waals surface area contributed by atoms with Crippen molar-refractivity contribution in [3.05, 3.63) is 109 Å². The second-order valence-electron chi connectivity index (χ2n) is 4.26. The molecule has 0 unspecified atom stereocenters. The molecule has 0 aliphatic carbocycles. The Morgan fingerprint density at radius 3 is 1.68 bits per heavy atom. The molecule has 0 heterocycles. The Morgan fingerprint density at radius 1 is 0.727 bits per heavy atom. The van der Waals surface area contributed by atoms with Crippen molar-refractivity contribution in [3.63, 3.8) is 0 Å². The van der Waals surface area contributed by atoms with Crippen LogP contribution in [-0.2, 0) is 0 Å². The average molecular weight is 285 g/mol. The number of nitrogens with zero attached hydrogens (tertiary/aromatic N) is 1. The van der Waals surface area contributed by atoms with Crippen molar-refractivity contribution >= 4 is 12.2 Å². The molecular weight excluding hydrogens is 266 g/mol. The summed E-state index contributed by atoms with van der Waals surface area (Å²) in [6.45, 7) is 3.59. The van der Waals surface area contributed by atoms with Gasteiger partial charge >= 0.3 is 0 Å². The Balaban J connectivity index is 0.000000224. The third-order valence-corrected chi connectivity index (χ3v) is 2.59. The molecule has 0 aliphatic heterocycles. The Hall–Kier alpha value is -3.11. The number of nitriles is 1. The van der Waals surface area contributed by atoms with Crippen LogP contribution in [0.1, 0.15) is 11.1 Å². The van der Waals surface area contributed by atoms with Crippen molar-refractivity contribution in [2.24, 2.45) is 0 Å². The van der Waals surface area contributed by atoms with Crippen LogP contribution < -0.4 is 0 Å². The average Bonchev–Trinajstić information content (AvgIpc) is 2.59. The molecule has 0 bridgehead atoms. The highest BCUT2D eigenvalue weighted by atomic mass is 14.2. The summed E-state index contributed by atoms with van der Waals surface area (Å²) in [5.74, 6) is 0. The van der Waals surface area contributed by atoms with Gasteiger partial charge in [0.15, 0.2) is 0 Å². The van der Waals surface area contributed by atoms with Gasteiger partial charge in [0.2, 0.25) is 0 Å². The quantitative estimate of drug-likeness (QED) is 0.525. The zero-order valence-corrected chi connectivity index (χ0v) is 12.5. The standard InChI is InChI=1S/C11H9N.C10H10/c12-10-6-2-5-9-11-7-3-1-4-8-11;1-2-3-7-10-8-5-4-6-9-10/h1-9H;2-9H,1H2. The molecule has 0 fully saturated rings.